The maximum Gasteiger partial charge on any atom is 0.317 e. The number of rotatable bonds is 4. The second-order valence-electron chi connectivity index (χ2n) is 8.33. The fraction of sp³-hybridized carbons (Fsp3) is 0.619. The Hall–Kier alpha value is -2.64. The molecule has 1 atom stereocenters. The van der Waals surface area contributed by atoms with E-state index < -0.39 is 0 Å². The van der Waals surface area contributed by atoms with E-state index >= 15 is 0 Å². The Bertz CT molecular complexity index is 801. The summed E-state index contributed by atoms with van der Waals surface area (Å²) >= 11 is 0. The molecule has 4 rings (SSSR count). The van der Waals surface area contributed by atoms with Gasteiger partial charge in [0.2, 0.25) is 5.89 Å². The van der Waals surface area contributed by atoms with Gasteiger partial charge in [0.25, 0.3) is 0 Å². The number of likely N-dealkylation sites (tertiary alicyclic amines) is 1. The lowest BCUT2D eigenvalue weighted by atomic mass is 9.96. The van der Waals surface area contributed by atoms with Crippen molar-refractivity contribution in [1.82, 2.24) is 25.3 Å². The highest BCUT2D eigenvalue weighted by Gasteiger charge is 2.29. The van der Waals surface area contributed by atoms with Crippen LogP contribution in [0.2, 0.25) is 0 Å². The normalized spacial score (nSPS) is 20.9. The van der Waals surface area contributed by atoms with E-state index in [2.05, 4.69) is 25.3 Å². The number of anilines is 1. The standard InChI is InChI=1S/C21H30N6O2/c1-15(2)20-24-19(25-29-20)16-8-12-26(13-9-16)21(28)23-17-6-5-11-27(14-17)18-7-3-4-10-22-18/h3-4,7,10,15-17H,5-6,8-9,11-14H2,1-2H3,(H,23,28). The van der Waals surface area contributed by atoms with E-state index in [1.807, 2.05) is 43.1 Å². The highest BCUT2D eigenvalue weighted by Crippen LogP contribution is 2.27. The van der Waals surface area contributed by atoms with Crippen LogP contribution in [0.3, 0.4) is 0 Å². The number of hydrogen-bond acceptors (Lipinski definition) is 6. The molecule has 2 aromatic heterocycles. The third-order valence-corrected chi connectivity index (χ3v) is 5.82. The molecule has 0 spiro atoms. The zero-order valence-corrected chi connectivity index (χ0v) is 17.3. The Kier molecular flexibility index (Phi) is 5.97. The fourth-order valence-corrected chi connectivity index (χ4v) is 4.10. The Balaban J connectivity index is 1.27. The number of carbonyl (C=O) groups is 1. The summed E-state index contributed by atoms with van der Waals surface area (Å²) < 4.78 is 5.34. The summed E-state index contributed by atoms with van der Waals surface area (Å²) in [6, 6.07) is 6.14. The smallest absolute Gasteiger partial charge is 0.317 e. The first-order valence-corrected chi connectivity index (χ1v) is 10.6. The lowest BCUT2D eigenvalue weighted by Crippen LogP contribution is -2.53. The average molecular weight is 399 g/mol. The SMILES string of the molecule is CC(C)c1nc(C2CCN(C(=O)NC3CCCN(c4ccccn4)C3)CC2)no1. The summed E-state index contributed by atoms with van der Waals surface area (Å²) in [6.45, 7) is 7.32. The second kappa shape index (κ2) is 8.80. The Labute approximate surface area is 171 Å². The van der Waals surface area contributed by atoms with Crippen molar-refractivity contribution in [2.24, 2.45) is 0 Å². The van der Waals surface area contributed by atoms with E-state index in [1.165, 1.54) is 0 Å². The van der Waals surface area contributed by atoms with Crippen molar-refractivity contribution < 1.29 is 9.32 Å². The quantitative estimate of drug-likeness (QED) is 0.851. The molecular weight excluding hydrogens is 368 g/mol. The minimum atomic E-state index is 0.0345. The minimum absolute atomic E-state index is 0.0345. The first-order valence-electron chi connectivity index (χ1n) is 10.6. The van der Waals surface area contributed by atoms with Gasteiger partial charge in [0.15, 0.2) is 5.82 Å². The molecule has 0 aromatic carbocycles. The van der Waals surface area contributed by atoms with Crippen LogP contribution in [0.25, 0.3) is 0 Å². The number of urea groups is 1. The molecule has 2 aliphatic rings. The van der Waals surface area contributed by atoms with Crippen LogP contribution in [0.4, 0.5) is 10.6 Å². The lowest BCUT2D eigenvalue weighted by Gasteiger charge is -2.36. The summed E-state index contributed by atoms with van der Waals surface area (Å²) in [5.41, 5.74) is 0. The summed E-state index contributed by atoms with van der Waals surface area (Å²) in [5.74, 6) is 2.96. The van der Waals surface area contributed by atoms with Gasteiger partial charge in [0, 0.05) is 50.3 Å². The van der Waals surface area contributed by atoms with Crippen molar-refractivity contribution in [3.63, 3.8) is 0 Å². The molecular formula is C21H30N6O2. The van der Waals surface area contributed by atoms with Gasteiger partial charge in [-0.1, -0.05) is 25.1 Å². The summed E-state index contributed by atoms with van der Waals surface area (Å²) in [4.78, 5) is 25.9. The van der Waals surface area contributed by atoms with Gasteiger partial charge >= 0.3 is 6.03 Å². The number of aromatic nitrogens is 3. The molecule has 0 saturated carbocycles. The first-order chi connectivity index (χ1) is 14.1. The predicted molar refractivity (Wildman–Crippen MR) is 110 cm³/mol. The Morgan fingerprint density at radius 2 is 2.03 bits per heavy atom. The number of nitrogens with one attached hydrogen (secondary N) is 1. The molecule has 0 aliphatic carbocycles. The zero-order chi connectivity index (χ0) is 20.2. The van der Waals surface area contributed by atoms with Gasteiger partial charge in [0.1, 0.15) is 5.82 Å². The molecule has 1 unspecified atom stereocenters. The van der Waals surface area contributed by atoms with Gasteiger partial charge in [-0.3, -0.25) is 0 Å². The van der Waals surface area contributed by atoms with Crippen molar-refractivity contribution in [2.75, 3.05) is 31.1 Å². The van der Waals surface area contributed by atoms with Gasteiger partial charge < -0.3 is 19.6 Å². The number of amides is 2. The number of carbonyl (C=O) groups excluding carboxylic acids is 1. The van der Waals surface area contributed by atoms with E-state index in [0.29, 0.717) is 5.89 Å². The van der Waals surface area contributed by atoms with Gasteiger partial charge in [-0.05, 0) is 37.8 Å². The Morgan fingerprint density at radius 1 is 1.21 bits per heavy atom. The molecule has 2 amide bonds. The maximum absolute atomic E-state index is 12.8. The maximum atomic E-state index is 12.8. The molecule has 29 heavy (non-hydrogen) atoms. The lowest BCUT2D eigenvalue weighted by molar-refractivity contribution is 0.175. The van der Waals surface area contributed by atoms with Crippen molar-refractivity contribution in [1.29, 1.82) is 0 Å². The molecule has 1 N–H and O–H groups in total. The van der Waals surface area contributed by atoms with Crippen LogP contribution in [-0.4, -0.2) is 58.3 Å². The van der Waals surface area contributed by atoms with E-state index in [0.717, 1.165) is 63.5 Å². The minimum Gasteiger partial charge on any atom is -0.355 e. The summed E-state index contributed by atoms with van der Waals surface area (Å²) in [5, 5.41) is 7.37. The highest BCUT2D eigenvalue weighted by molar-refractivity contribution is 5.74. The number of piperidine rings is 2. The van der Waals surface area contributed by atoms with Crippen LogP contribution in [0, 0.1) is 0 Å². The van der Waals surface area contributed by atoms with Gasteiger partial charge in [-0.2, -0.15) is 4.98 Å². The Morgan fingerprint density at radius 3 is 2.72 bits per heavy atom. The van der Waals surface area contributed by atoms with Gasteiger partial charge in [0.05, 0.1) is 0 Å². The van der Waals surface area contributed by atoms with Crippen LogP contribution in [-0.2, 0) is 0 Å². The molecule has 8 heteroatoms. The van der Waals surface area contributed by atoms with Gasteiger partial charge in [-0.15, -0.1) is 0 Å². The van der Waals surface area contributed by atoms with Crippen molar-refractivity contribution in [3.05, 3.63) is 36.1 Å². The van der Waals surface area contributed by atoms with Crippen LogP contribution in [0.1, 0.15) is 63.1 Å². The van der Waals surface area contributed by atoms with E-state index in [9.17, 15) is 4.79 Å². The van der Waals surface area contributed by atoms with E-state index in [1.54, 1.807) is 0 Å². The number of nitrogens with zero attached hydrogens (tertiary/aromatic N) is 5. The van der Waals surface area contributed by atoms with Crippen molar-refractivity contribution in [2.45, 2.75) is 57.4 Å². The largest absolute Gasteiger partial charge is 0.355 e. The van der Waals surface area contributed by atoms with Crippen LogP contribution >= 0.6 is 0 Å². The molecule has 4 heterocycles. The molecule has 2 aliphatic heterocycles. The topological polar surface area (TPSA) is 87.4 Å². The summed E-state index contributed by atoms with van der Waals surface area (Å²) in [6.07, 6.45) is 5.62. The fourth-order valence-electron chi connectivity index (χ4n) is 4.10. The van der Waals surface area contributed by atoms with Crippen LogP contribution < -0.4 is 10.2 Å². The molecule has 2 aromatic rings. The van der Waals surface area contributed by atoms with Crippen LogP contribution in [0.5, 0.6) is 0 Å². The average Bonchev–Trinajstić information content (AvgIpc) is 3.25. The third-order valence-electron chi connectivity index (χ3n) is 5.82. The second-order valence-corrected chi connectivity index (χ2v) is 8.33. The van der Waals surface area contributed by atoms with E-state index in [-0.39, 0.29) is 23.9 Å². The summed E-state index contributed by atoms with van der Waals surface area (Å²) in [7, 11) is 0. The molecule has 0 radical (unpaired) electrons. The first kappa shape index (κ1) is 19.7. The highest BCUT2D eigenvalue weighted by atomic mass is 16.5. The zero-order valence-electron chi connectivity index (χ0n) is 17.3. The molecule has 156 valence electrons. The number of pyridine rings is 1. The molecule has 8 nitrogen and oxygen atoms in total. The molecule has 2 saturated heterocycles. The predicted octanol–water partition coefficient (Wildman–Crippen LogP) is 3.15. The number of hydrogen-bond donors (Lipinski definition) is 1. The van der Waals surface area contributed by atoms with Crippen molar-refractivity contribution in [3.8, 4) is 0 Å². The van der Waals surface area contributed by atoms with E-state index in [4.69, 9.17) is 4.52 Å². The van der Waals surface area contributed by atoms with Crippen molar-refractivity contribution >= 4 is 11.8 Å². The monoisotopic (exact) mass is 398 g/mol. The molecule has 2 fully saturated rings. The van der Waals surface area contributed by atoms with Crippen LogP contribution in [0.15, 0.2) is 28.9 Å². The third kappa shape index (κ3) is 4.68. The molecule has 0 bridgehead atoms. The van der Waals surface area contributed by atoms with Gasteiger partial charge in [-0.25, -0.2) is 9.78 Å².